The minimum absolute atomic E-state index is 0.454. The van der Waals surface area contributed by atoms with Gasteiger partial charge in [0, 0.05) is 0 Å². The minimum Gasteiger partial charge on any atom is -0.204 e. The number of halogens is 1. The van der Waals surface area contributed by atoms with Gasteiger partial charge in [0.2, 0.25) is 0 Å². The van der Waals surface area contributed by atoms with E-state index in [-0.39, 0.29) is 0 Å². The van der Waals surface area contributed by atoms with Crippen LogP contribution in [0.25, 0.3) is 0 Å². The van der Waals surface area contributed by atoms with Gasteiger partial charge < -0.3 is 0 Å². The van der Waals surface area contributed by atoms with Gasteiger partial charge in [0.15, 0.2) is 0 Å². The molecule has 1 aromatic heterocycles. The standard InChI is InChI=1S/C6H9BrN2O2S/c1-5(2)12(10,11)9-4-6(7)3-8-9/h3-5H,1-2H3. The van der Waals surface area contributed by atoms with Crippen molar-refractivity contribution in [3.8, 4) is 0 Å². The van der Waals surface area contributed by atoms with E-state index in [9.17, 15) is 8.42 Å². The van der Waals surface area contributed by atoms with Gasteiger partial charge in [0.05, 0.1) is 22.1 Å². The average molecular weight is 253 g/mol. The molecule has 0 aromatic carbocycles. The first-order valence-corrected chi connectivity index (χ1v) is 5.69. The summed E-state index contributed by atoms with van der Waals surface area (Å²) in [6.07, 6.45) is 2.87. The van der Waals surface area contributed by atoms with E-state index >= 15 is 0 Å². The van der Waals surface area contributed by atoms with Crippen LogP contribution in [0.15, 0.2) is 16.9 Å². The van der Waals surface area contributed by atoms with Crippen LogP contribution in [-0.4, -0.2) is 22.9 Å². The fraction of sp³-hybridized carbons (Fsp3) is 0.500. The molecule has 1 aromatic rings. The number of aromatic nitrogens is 2. The average Bonchev–Trinajstić information content (AvgIpc) is 2.35. The van der Waals surface area contributed by atoms with E-state index in [0.717, 1.165) is 4.09 Å². The molecule has 68 valence electrons. The molecule has 6 heteroatoms. The van der Waals surface area contributed by atoms with Gasteiger partial charge in [-0.1, -0.05) is 0 Å². The Labute approximate surface area is 79.8 Å². The SMILES string of the molecule is CC(C)S(=O)(=O)n1cc(Br)cn1. The van der Waals surface area contributed by atoms with Crippen LogP contribution >= 0.6 is 15.9 Å². The van der Waals surface area contributed by atoms with Crippen molar-refractivity contribution in [1.29, 1.82) is 0 Å². The van der Waals surface area contributed by atoms with Gasteiger partial charge in [0.1, 0.15) is 0 Å². The molecule has 0 bridgehead atoms. The number of nitrogens with zero attached hydrogens (tertiary/aromatic N) is 2. The summed E-state index contributed by atoms with van der Waals surface area (Å²) in [6, 6.07) is 0. The van der Waals surface area contributed by atoms with Crippen LogP contribution in [-0.2, 0) is 10.0 Å². The summed E-state index contributed by atoms with van der Waals surface area (Å²) < 4.78 is 24.5. The van der Waals surface area contributed by atoms with Crippen LogP contribution < -0.4 is 0 Å². The molecule has 0 aliphatic rings. The van der Waals surface area contributed by atoms with Gasteiger partial charge >= 0.3 is 0 Å². The fourth-order valence-electron chi connectivity index (χ4n) is 0.639. The molecule has 1 heterocycles. The zero-order valence-electron chi connectivity index (χ0n) is 6.73. The lowest BCUT2D eigenvalue weighted by Gasteiger charge is -2.05. The molecule has 0 atom stereocenters. The second-order valence-electron chi connectivity index (χ2n) is 2.62. The highest BCUT2D eigenvalue weighted by Gasteiger charge is 2.18. The van der Waals surface area contributed by atoms with E-state index in [4.69, 9.17) is 0 Å². The molecule has 0 unspecified atom stereocenters. The number of hydrogen-bond acceptors (Lipinski definition) is 3. The Morgan fingerprint density at radius 3 is 2.50 bits per heavy atom. The third-order valence-electron chi connectivity index (χ3n) is 1.39. The van der Waals surface area contributed by atoms with Gasteiger partial charge in [-0.2, -0.15) is 9.19 Å². The summed E-state index contributed by atoms with van der Waals surface area (Å²) in [5.41, 5.74) is 0. The molecule has 0 aliphatic carbocycles. The molecule has 0 aliphatic heterocycles. The van der Waals surface area contributed by atoms with Gasteiger partial charge in [-0.15, -0.1) is 0 Å². The van der Waals surface area contributed by atoms with Gasteiger partial charge in [-0.3, -0.25) is 0 Å². The van der Waals surface area contributed by atoms with Crippen molar-refractivity contribution in [2.75, 3.05) is 0 Å². The second-order valence-corrected chi connectivity index (χ2v) is 5.89. The van der Waals surface area contributed by atoms with Crippen LogP contribution in [0.5, 0.6) is 0 Å². The first-order valence-electron chi connectivity index (χ1n) is 3.39. The van der Waals surface area contributed by atoms with E-state index in [2.05, 4.69) is 21.0 Å². The molecule has 0 saturated carbocycles. The first kappa shape index (κ1) is 9.73. The Balaban J connectivity index is 3.15. The maximum atomic E-state index is 11.4. The first-order chi connectivity index (χ1) is 5.44. The Hall–Kier alpha value is -0.360. The van der Waals surface area contributed by atoms with E-state index in [1.54, 1.807) is 13.8 Å². The molecule has 0 N–H and O–H groups in total. The second kappa shape index (κ2) is 3.18. The maximum absolute atomic E-state index is 11.4. The van der Waals surface area contributed by atoms with Gasteiger partial charge in [-0.05, 0) is 29.8 Å². The topological polar surface area (TPSA) is 52.0 Å². The molecule has 1 rings (SSSR count). The Bertz CT molecular complexity index is 369. The van der Waals surface area contributed by atoms with Gasteiger partial charge in [0.25, 0.3) is 10.0 Å². The van der Waals surface area contributed by atoms with E-state index in [1.165, 1.54) is 12.4 Å². The smallest absolute Gasteiger partial charge is 0.204 e. The largest absolute Gasteiger partial charge is 0.256 e. The minimum atomic E-state index is -3.28. The summed E-state index contributed by atoms with van der Waals surface area (Å²) in [7, 11) is -3.28. The highest BCUT2D eigenvalue weighted by atomic mass is 79.9. The van der Waals surface area contributed by atoms with Crippen molar-refractivity contribution in [3.63, 3.8) is 0 Å². The predicted octanol–water partition coefficient (Wildman–Crippen LogP) is 1.23. The van der Waals surface area contributed by atoms with Crippen LogP contribution in [0, 0.1) is 0 Å². The van der Waals surface area contributed by atoms with Crippen LogP contribution in [0.3, 0.4) is 0 Å². The van der Waals surface area contributed by atoms with Crippen LogP contribution in [0.4, 0.5) is 0 Å². The quantitative estimate of drug-likeness (QED) is 0.796. The van der Waals surface area contributed by atoms with Crippen LogP contribution in [0.2, 0.25) is 0 Å². The Kier molecular flexibility index (Phi) is 2.58. The van der Waals surface area contributed by atoms with Crippen molar-refractivity contribution in [1.82, 2.24) is 9.19 Å². The van der Waals surface area contributed by atoms with Gasteiger partial charge in [-0.25, -0.2) is 8.42 Å². The molecule has 0 spiro atoms. The molecule has 0 fully saturated rings. The lowest BCUT2D eigenvalue weighted by atomic mass is 10.6. The predicted molar refractivity (Wildman–Crippen MR) is 49.4 cm³/mol. The fourth-order valence-corrected chi connectivity index (χ4v) is 1.93. The Morgan fingerprint density at radius 1 is 1.58 bits per heavy atom. The maximum Gasteiger partial charge on any atom is 0.256 e. The summed E-state index contributed by atoms with van der Waals surface area (Å²) in [4.78, 5) is 0. The molecule has 0 radical (unpaired) electrons. The molecule has 12 heavy (non-hydrogen) atoms. The van der Waals surface area contributed by atoms with Crippen molar-refractivity contribution in [3.05, 3.63) is 16.9 Å². The molecule has 0 amide bonds. The zero-order chi connectivity index (χ0) is 9.35. The molecular formula is C6H9BrN2O2S. The lowest BCUT2D eigenvalue weighted by Crippen LogP contribution is -2.22. The highest BCUT2D eigenvalue weighted by molar-refractivity contribution is 9.10. The monoisotopic (exact) mass is 252 g/mol. The van der Waals surface area contributed by atoms with E-state index < -0.39 is 15.3 Å². The summed E-state index contributed by atoms with van der Waals surface area (Å²) in [6.45, 7) is 3.23. The van der Waals surface area contributed by atoms with Crippen molar-refractivity contribution in [2.24, 2.45) is 0 Å². The number of rotatable bonds is 2. The van der Waals surface area contributed by atoms with Crippen molar-refractivity contribution >= 4 is 26.0 Å². The zero-order valence-corrected chi connectivity index (χ0v) is 9.13. The molecular weight excluding hydrogens is 244 g/mol. The third-order valence-corrected chi connectivity index (χ3v) is 3.71. The van der Waals surface area contributed by atoms with E-state index in [1.807, 2.05) is 0 Å². The summed E-state index contributed by atoms with van der Waals surface area (Å²) >= 11 is 3.13. The lowest BCUT2D eigenvalue weighted by molar-refractivity contribution is 0.571. The number of hydrogen-bond donors (Lipinski definition) is 0. The third kappa shape index (κ3) is 1.69. The summed E-state index contributed by atoms with van der Waals surface area (Å²) in [5.74, 6) is 0. The van der Waals surface area contributed by atoms with Crippen molar-refractivity contribution < 1.29 is 8.42 Å². The van der Waals surface area contributed by atoms with Crippen molar-refractivity contribution in [2.45, 2.75) is 19.1 Å². The molecule has 4 nitrogen and oxygen atoms in total. The highest BCUT2D eigenvalue weighted by Crippen LogP contribution is 2.10. The Morgan fingerprint density at radius 2 is 2.17 bits per heavy atom. The van der Waals surface area contributed by atoms with Crippen LogP contribution in [0.1, 0.15) is 13.8 Å². The molecule has 0 saturated heterocycles. The summed E-state index contributed by atoms with van der Waals surface area (Å²) in [5, 5.41) is 3.24. The normalized spacial score (nSPS) is 12.3. The van der Waals surface area contributed by atoms with E-state index in [0.29, 0.717) is 4.47 Å².